The van der Waals surface area contributed by atoms with Crippen LogP contribution in [0.5, 0.6) is 0 Å². The molecule has 0 aromatic heterocycles. The van der Waals surface area contributed by atoms with Crippen LogP contribution in [-0.4, -0.2) is 24.5 Å². The van der Waals surface area contributed by atoms with Crippen molar-refractivity contribution in [2.45, 2.75) is 32.7 Å². The molecule has 2 rings (SSSR count). The van der Waals surface area contributed by atoms with E-state index in [0.717, 1.165) is 0 Å². The van der Waals surface area contributed by atoms with E-state index in [0.29, 0.717) is 6.04 Å². The fraction of sp³-hybridized carbons (Fsp3) is 0.444. The highest BCUT2D eigenvalue weighted by Crippen LogP contribution is 2.42. The Hall–Kier alpha value is -0.910. The Kier molecular flexibility index (Phi) is 5.57. The topological polar surface area (TPSA) is 3.24 Å². The van der Waals surface area contributed by atoms with Gasteiger partial charge in [0.2, 0.25) is 0 Å². The van der Waals surface area contributed by atoms with Crippen LogP contribution in [0.1, 0.15) is 38.3 Å². The van der Waals surface area contributed by atoms with Gasteiger partial charge in [0.15, 0.2) is 0 Å². The first-order valence-corrected chi connectivity index (χ1v) is 9.49. The van der Waals surface area contributed by atoms with Gasteiger partial charge in [-0.1, -0.05) is 55.8 Å². The molecular weight excluding hydrogens is 261 g/mol. The first kappa shape index (κ1) is 15.5. The van der Waals surface area contributed by atoms with E-state index in [-0.39, 0.29) is 8.07 Å². The van der Waals surface area contributed by atoms with Crippen molar-refractivity contribution in [3.63, 3.8) is 0 Å². The van der Waals surface area contributed by atoms with Crippen molar-refractivity contribution in [2.75, 3.05) is 19.9 Å². The van der Waals surface area contributed by atoms with Gasteiger partial charge in [0, 0.05) is 6.04 Å². The molecule has 1 nitrogen and oxygen atoms in total. The Bertz CT molecular complexity index is 547. The lowest BCUT2D eigenvalue weighted by Crippen LogP contribution is -2.18. The maximum absolute atomic E-state index is 2.58. The molecule has 108 valence electrons. The third-order valence-corrected chi connectivity index (χ3v) is 6.59. The summed E-state index contributed by atoms with van der Waals surface area (Å²) in [4.78, 5) is 0. The third-order valence-electron chi connectivity index (χ3n) is 4.21. The van der Waals surface area contributed by atoms with Crippen molar-refractivity contribution in [3.05, 3.63) is 48.0 Å². The first-order valence-electron chi connectivity index (χ1n) is 7.56. The zero-order chi connectivity index (χ0) is 14.5. The summed E-state index contributed by atoms with van der Waals surface area (Å²) in [6.07, 6.45) is 3.98. The van der Waals surface area contributed by atoms with Crippen LogP contribution in [0.2, 0.25) is 0 Å². The van der Waals surface area contributed by atoms with E-state index in [1.165, 1.54) is 35.3 Å². The summed E-state index contributed by atoms with van der Waals surface area (Å²) in [5.74, 6) is 0. The molecule has 0 aliphatic carbocycles. The molecule has 20 heavy (non-hydrogen) atoms. The number of benzene rings is 2. The second-order valence-electron chi connectivity index (χ2n) is 5.55. The molecule has 1 unspecified atom stereocenters. The Morgan fingerprint density at radius 1 is 1.10 bits per heavy atom. The summed E-state index contributed by atoms with van der Waals surface area (Å²) in [5.41, 5.74) is 1.46. The largest absolute Gasteiger partial charge is 0.278 e. The lowest BCUT2D eigenvalue weighted by molar-refractivity contribution is 0.440. The zero-order valence-electron chi connectivity index (χ0n) is 13.1. The predicted octanol–water partition coefficient (Wildman–Crippen LogP) is 5.66. The summed E-state index contributed by atoms with van der Waals surface area (Å²) in [6.45, 7) is 7.02. The molecule has 0 spiro atoms. The molecule has 0 saturated carbocycles. The van der Waals surface area contributed by atoms with Gasteiger partial charge in [0.05, 0.1) is 0 Å². The predicted molar refractivity (Wildman–Crippen MR) is 92.7 cm³/mol. The van der Waals surface area contributed by atoms with E-state index in [4.69, 9.17) is 0 Å². The van der Waals surface area contributed by atoms with Crippen LogP contribution >= 0.6 is 8.07 Å². The van der Waals surface area contributed by atoms with E-state index >= 15 is 0 Å². The first-order chi connectivity index (χ1) is 9.65. The Balaban J connectivity index is 2.24. The van der Waals surface area contributed by atoms with Crippen molar-refractivity contribution in [1.29, 1.82) is 0 Å². The Labute approximate surface area is 124 Å². The molecule has 0 saturated heterocycles. The minimum Gasteiger partial charge on any atom is -0.278 e. The van der Waals surface area contributed by atoms with Crippen LogP contribution < -0.4 is 0 Å². The maximum atomic E-state index is 2.58. The van der Waals surface area contributed by atoms with Gasteiger partial charge in [-0.3, -0.25) is 4.67 Å². The maximum Gasteiger partial charge on any atom is 0.0359 e. The fourth-order valence-corrected chi connectivity index (χ4v) is 4.46. The summed E-state index contributed by atoms with van der Waals surface area (Å²) in [5, 5.41) is 2.74. The van der Waals surface area contributed by atoms with Crippen molar-refractivity contribution < 1.29 is 0 Å². The molecule has 0 heterocycles. The highest BCUT2D eigenvalue weighted by Gasteiger charge is 2.18. The van der Waals surface area contributed by atoms with Crippen molar-refractivity contribution in [2.24, 2.45) is 0 Å². The van der Waals surface area contributed by atoms with Crippen LogP contribution in [-0.2, 0) is 0 Å². The number of rotatable bonds is 6. The summed E-state index contributed by atoms with van der Waals surface area (Å²) in [6, 6.07) is 15.9. The van der Waals surface area contributed by atoms with Gasteiger partial charge in [-0.15, -0.1) is 0 Å². The van der Waals surface area contributed by atoms with Crippen LogP contribution in [0.4, 0.5) is 0 Å². The van der Waals surface area contributed by atoms with E-state index < -0.39 is 0 Å². The minimum absolute atomic E-state index is 0.0327. The average Bonchev–Trinajstić information content (AvgIpc) is 2.50. The molecule has 2 atom stereocenters. The van der Waals surface area contributed by atoms with E-state index in [2.05, 4.69) is 74.7 Å². The number of nitrogens with zero attached hydrogens (tertiary/aromatic N) is 1. The highest BCUT2D eigenvalue weighted by atomic mass is 31.1. The van der Waals surface area contributed by atoms with Crippen LogP contribution in [0.15, 0.2) is 42.5 Å². The van der Waals surface area contributed by atoms with E-state index in [1.54, 1.807) is 0 Å². The SMILES string of the molecule is CCCCP(C)N(C)[C@@H](C)c1cccc2ccccc12. The quantitative estimate of drug-likeness (QED) is 0.620. The molecular formula is C18H26NP. The molecule has 0 amide bonds. The van der Waals surface area contributed by atoms with Gasteiger partial charge in [0.1, 0.15) is 0 Å². The Morgan fingerprint density at radius 3 is 2.55 bits per heavy atom. The van der Waals surface area contributed by atoms with Crippen molar-refractivity contribution >= 4 is 18.8 Å². The molecule has 0 aliphatic heterocycles. The molecule has 2 aromatic rings. The standard InChI is InChI=1S/C18H26NP/c1-5-6-14-20(4)19(3)15(2)17-13-9-11-16-10-7-8-12-18(16)17/h7-13,15H,5-6,14H2,1-4H3/t15-,20?/m0/s1. The normalized spacial score (nSPS) is 14.7. The van der Waals surface area contributed by atoms with E-state index in [9.17, 15) is 0 Å². The van der Waals surface area contributed by atoms with Gasteiger partial charge in [-0.2, -0.15) is 0 Å². The second kappa shape index (κ2) is 7.20. The van der Waals surface area contributed by atoms with E-state index in [1.807, 2.05) is 0 Å². The number of fused-ring (bicyclic) bond motifs is 1. The molecule has 0 radical (unpaired) electrons. The number of unbranched alkanes of at least 4 members (excludes halogenated alkanes) is 1. The zero-order valence-corrected chi connectivity index (χ0v) is 14.0. The molecule has 2 heteroatoms. The second-order valence-corrected chi connectivity index (χ2v) is 7.95. The molecule has 0 aliphatic rings. The van der Waals surface area contributed by atoms with Crippen LogP contribution in [0.3, 0.4) is 0 Å². The number of hydrogen-bond acceptors (Lipinski definition) is 1. The highest BCUT2D eigenvalue weighted by molar-refractivity contribution is 7.54. The average molecular weight is 287 g/mol. The molecule has 0 bridgehead atoms. The minimum atomic E-state index is -0.0327. The summed E-state index contributed by atoms with van der Waals surface area (Å²) >= 11 is 0. The summed E-state index contributed by atoms with van der Waals surface area (Å²) in [7, 11) is 2.25. The van der Waals surface area contributed by atoms with Gasteiger partial charge >= 0.3 is 0 Å². The van der Waals surface area contributed by atoms with Crippen LogP contribution in [0.25, 0.3) is 10.8 Å². The molecule has 0 N–H and O–H groups in total. The van der Waals surface area contributed by atoms with Crippen molar-refractivity contribution in [1.82, 2.24) is 4.67 Å². The lowest BCUT2D eigenvalue weighted by Gasteiger charge is -2.32. The fourth-order valence-electron chi connectivity index (χ4n) is 2.66. The smallest absolute Gasteiger partial charge is 0.0359 e. The molecule has 0 fully saturated rings. The Morgan fingerprint density at radius 2 is 1.80 bits per heavy atom. The number of hydrogen-bond donors (Lipinski definition) is 0. The third kappa shape index (κ3) is 3.40. The van der Waals surface area contributed by atoms with Gasteiger partial charge in [-0.05, 0) is 57.6 Å². The summed E-state index contributed by atoms with van der Waals surface area (Å²) < 4.78 is 2.58. The monoisotopic (exact) mass is 287 g/mol. The van der Waals surface area contributed by atoms with Gasteiger partial charge in [0.25, 0.3) is 0 Å². The van der Waals surface area contributed by atoms with Crippen LogP contribution in [0, 0.1) is 0 Å². The van der Waals surface area contributed by atoms with Gasteiger partial charge in [-0.25, -0.2) is 0 Å². The molecule has 2 aromatic carbocycles. The van der Waals surface area contributed by atoms with Gasteiger partial charge < -0.3 is 0 Å². The van der Waals surface area contributed by atoms with Crippen molar-refractivity contribution in [3.8, 4) is 0 Å². The lowest BCUT2D eigenvalue weighted by atomic mass is 10.00.